The summed E-state index contributed by atoms with van der Waals surface area (Å²) in [6, 6.07) is 21.5. The Morgan fingerprint density at radius 2 is 0.947 bits per heavy atom. The lowest BCUT2D eigenvalue weighted by molar-refractivity contribution is -0.956. The van der Waals surface area contributed by atoms with E-state index in [4.69, 9.17) is 11.6 Å². The van der Waals surface area contributed by atoms with Crippen LogP contribution in [0.1, 0.15) is 121 Å². The normalized spacial score (nSPS) is 12.6. The molecule has 1 N–H and O–H groups in total. The molecule has 0 amide bonds. The molecule has 2 nitrogen and oxygen atoms in total. The SMILES string of the molecule is CCCCCCCCCCCCCCCCCC[N+](Cc1ccccc1)(Cc1ccccc1)CC(O)CCl. The summed E-state index contributed by atoms with van der Waals surface area (Å²) >= 11 is 6.11. The number of alkyl halides is 1. The van der Waals surface area contributed by atoms with Gasteiger partial charge in [0, 0.05) is 11.1 Å². The van der Waals surface area contributed by atoms with Crippen LogP contribution in [0.25, 0.3) is 0 Å². The Kier molecular flexibility index (Phi) is 18.6. The first-order valence-electron chi connectivity index (χ1n) is 15.8. The average Bonchev–Trinajstić information content (AvgIpc) is 2.94. The van der Waals surface area contributed by atoms with Gasteiger partial charge >= 0.3 is 0 Å². The zero-order valence-electron chi connectivity index (χ0n) is 24.5. The van der Waals surface area contributed by atoms with E-state index >= 15 is 0 Å². The van der Waals surface area contributed by atoms with Crippen molar-refractivity contribution in [2.75, 3.05) is 19.0 Å². The largest absolute Gasteiger partial charge is 0.386 e. The lowest BCUT2D eigenvalue weighted by atomic mass is 10.0. The highest BCUT2D eigenvalue weighted by atomic mass is 35.5. The van der Waals surface area contributed by atoms with E-state index in [0.29, 0.717) is 12.4 Å². The monoisotopic (exact) mass is 542 g/mol. The van der Waals surface area contributed by atoms with E-state index in [1.165, 1.54) is 114 Å². The summed E-state index contributed by atoms with van der Waals surface area (Å²) in [5, 5.41) is 10.6. The minimum absolute atomic E-state index is 0.294. The number of halogens is 1. The lowest BCUT2D eigenvalue weighted by Crippen LogP contribution is -2.52. The van der Waals surface area contributed by atoms with Gasteiger partial charge in [-0.15, -0.1) is 11.6 Å². The van der Waals surface area contributed by atoms with E-state index in [0.717, 1.165) is 24.1 Å². The number of aliphatic hydroxyl groups is 1. The molecule has 1 unspecified atom stereocenters. The van der Waals surface area contributed by atoms with Crippen molar-refractivity contribution in [2.45, 2.75) is 129 Å². The maximum absolute atomic E-state index is 10.6. The first-order valence-corrected chi connectivity index (χ1v) is 16.4. The Morgan fingerprint density at radius 3 is 1.32 bits per heavy atom. The fraction of sp³-hybridized carbons (Fsp3) is 0.657. The molecule has 0 spiro atoms. The molecule has 3 heteroatoms. The molecule has 38 heavy (non-hydrogen) atoms. The molecule has 0 radical (unpaired) electrons. The van der Waals surface area contributed by atoms with Crippen molar-refractivity contribution in [3.8, 4) is 0 Å². The fourth-order valence-corrected chi connectivity index (χ4v) is 5.96. The number of hydrogen-bond donors (Lipinski definition) is 1. The van der Waals surface area contributed by atoms with Crippen LogP contribution in [0, 0.1) is 0 Å². The molecule has 0 aliphatic rings. The van der Waals surface area contributed by atoms with Crippen LogP contribution in [0.3, 0.4) is 0 Å². The quantitative estimate of drug-likeness (QED) is 0.0794. The van der Waals surface area contributed by atoms with E-state index in [2.05, 4.69) is 67.6 Å². The van der Waals surface area contributed by atoms with Crippen molar-refractivity contribution in [2.24, 2.45) is 0 Å². The second kappa shape index (κ2) is 21.5. The van der Waals surface area contributed by atoms with Crippen LogP contribution in [0.4, 0.5) is 0 Å². The molecule has 2 rings (SSSR count). The maximum atomic E-state index is 10.6. The predicted molar refractivity (Wildman–Crippen MR) is 167 cm³/mol. The van der Waals surface area contributed by atoms with Gasteiger partial charge in [-0.1, -0.05) is 157 Å². The molecule has 0 saturated heterocycles. The maximum Gasteiger partial charge on any atom is 0.116 e. The van der Waals surface area contributed by atoms with Crippen molar-refractivity contribution in [1.82, 2.24) is 0 Å². The standard InChI is InChI=1S/C35H57ClNO/c1-2-3-4-5-6-7-8-9-10-11-12-13-14-15-16-23-28-37(32-35(38)29-36,30-33-24-19-17-20-25-33)31-34-26-21-18-22-27-34/h17-22,24-27,35,38H,2-16,23,28-32H2,1H3/q+1. The number of hydrogen-bond acceptors (Lipinski definition) is 1. The van der Waals surface area contributed by atoms with E-state index in [1.807, 2.05) is 0 Å². The zero-order chi connectivity index (χ0) is 27.2. The van der Waals surface area contributed by atoms with Crippen LogP contribution in [0.2, 0.25) is 0 Å². The average molecular weight is 543 g/mol. The molecule has 0 fully saturated rings. The first kappa shape index (κ1) is 32.9. The molecule has 0 bridgehead atoms. The molecule has 0 saturated carbocycles. The van der Waals surface area contributed by atoms with Crippen LogP contribution < -0.4 is 0 Å². The van der Waals surface area contributed by atoms with Crippen LogP contribution in [0.15, 0.2) is 60.7 Å². The molecule has 0 aliphatic heterocycles. The third-order valence-electron chi connectivity index (χ3n) is 7.98. The molecule has 214 valence electrons. The van der Waals surface area contributed by atoms with Gasteiger partial charge in [0.1, 0.15) is 25.7 Å². The number of nitrogens with zero attached hydrogens (tertiary/aromatic N) is 1. The van der Waals surface area contributed by atoms with E-state index in [9.17, 15) is 5.11 Å². The highest BCUT2D eigenvalue weighted by Crippen LogP contribution is 2.23. The Balaban J connectivity index is 1.71. The molecule has 1 atom stereocenters. The van der Waals surface area contributed by atoms with E-state index in [1.54, 1.807) is 0 Å². The van der Waals surface area contributed by atoms with Gasteiger partial charge in [-0.25, -0.2) is 0 Å². The number of unbranched alkanes of at least 4 members (excludes halogenated alkanes) is 15. The Bertz CT molecular complexity index is 740. The van der Waals surface area contributed by atoms with Gasteiger partial charge in [-0.2, -0.15) is 0 Å². The number of aliphatic hydroxyl groups excluding tert-OH is 1. The van der Waals surface area contributed by atoms with Crippen molar-refractivity contribution in [3.05, 3.63) is 71.8 Å². The zero-order valence-corrected chi connectivity index (χ0v) is 25.2. The third kappa shape index (κ3) is 15.3. The number of benzene rings is 2. The summed E-state index contributed by atoms with van der Waals surface area (Å²) in [7, 11) is 0. The number of quaternary nitrogens is 1. The summed E-state index contributed by atoms with van der Waals surface area (Å²) in [6.07, 6.45) is 21.7. The molecule has 2 aromatic rings. The molecule has 0 aromatic heterocycles. The number of rotatable bonds is 24. The van der Waals surface area contributed by atoms with Crippen molar-refractivity contribution in [3.63, 3.8) is 0 Å². The summed E-state index contributed by atoms with van der Waals surface area (Å²) < 4.78 is 0.862. The van der Waals surface area contributed by atoms with Gasteiger partial charge in [0.2, 0.25) is 0 Å². The highest BCUT2D eigenvalue weighted by Gasteiger charge is 2.30. The second-order valence-electron chi connectivity index (χ2n) is 11.6. The van der Waals surface area contributed by atoms with Gasteiger partial charge < -0.3 is 9.59 Å². The van der Waals surface area contributed by atoms with Gasteiger partial charge in [0.25, 0.3) is 0 Å². The van der Waals surface area contributed by atoms with Gasteiger partial charge in [0.15, 0.2) is 0 Å². The summed E-state index contributed by atoms with van der Waals surface area (Å²) in [5.74, 6) is 0.294. The van der Waals surface area contributed by atoms with Crippen LogP contribution >= 0.6 is 11.6 Å². The molecule has 0 heterocycles. The van der Waals surface area contributed by atoms with E-state index < -0.39 is 6.10 Å². The van der Waals surface area contributed by atoms with Gasteiger partial charge in [0.05, 0.1) is 12.4 Å². The third-order valence-corrected chi connectivity index (χ3v) is 8.34. The van der Waals surface area contributed by atoms with Gasteiger partial charge in [-0.05, 0) is 12.8 Å². The minimum Gasteiger partial charge on any atom is -0.386 e. The Labute approximate surface area is 240 Å². The van der Waals surface area contributed by atoms with Crippen molar-refractivity contribution in [1.29, 1.82) is 0 Å². The van der Waals surface area contributed by atoms with Crippen LogP contribution in [-0.2, 0) is 13.1 Å². The Morgan fingerprint density at radius 1 is 0.579 bits per heavy atom. The smallest absolute Gasteiger partial charge is 0.116 e. The fourth-order valence-electron chi connectivity index (χ4n) is 5.87. The summed E-state index contributed by atoms with van der Waals surface area (Å²) in [5.41, 5.74) is 2.67. The highest BCUT2D eigenvalue weighted by molar-refractivity contribution is 6.18. The first-order chi connectivity index (χ1) is 18.7. The topological polar surface area (TPSA) is 20.2 Å². The summed E-state index contributed by atoms with van der Waals surface area (Å²) in [4.78, 5) is 0. The van der Waals surface area contributed by atoms with E-state index in [-0.39, 0.29) is 0 Å². The lowest BCUT2D eigenvalue weighted by Gasteiger charge is -2.40. The summed E-state index contributed by atoms with van der Waals surface area (Å²) in [6.45, 7) is 5.94. The molecular weight excluding hydrogens is 486 g/mol. The van der Waals surface area contributed by atoms with Crippen LogP contribution in [-0.4, -0.2) is 34.7 Å². The molecule has 0 aliphatic carbocycles. The van der Waals surface area contributed by atoms with Crippen molar-refractivity contribution < 1.29 is 9.59 Å². The van der Waals surface area contributed by atoms with Crippen LogP contribution in [0.5, 0.6) is 0 Å². The predicted octanol–water partition coefficient (Wildman–Crippen LogP) is 10.1. The van der Waals surface area contributed by atoms with Crippen molar-refractivity contribution >= 4 is 11.6 Å². The second-order valence-corrected chi connectivity index (χ2v) is 12.0. The Hall–Kier alpha value is -1.35. The van der Waals surface area contributed by atoms with Gasteiger partial charge in [-0.3, -0.25) is 0 Å². The molecular formula is C35H57ClNO+. The molecule has 2 aromatic carbocycles. The minimum atomic E-state index is -0.481.